The molecule has 236 valence electrons. The number of sulfonamides is 1. The highest BCUT2D eigenvalue weighted by molar-refractivity contribution is 7.92. The second-order valence-electron chi connectivity index (χ2n) is 10.6. The van der Waals surface area contributed by atoms with Gasteiger partial charge in [0.15, 0.2) is 0 Å². The molecule has 1 N–H and O–H groups in total. The number of nitrogens with zero attached hydrogens (tertiary/aromatic N) is 2. The molecule has 0 aromatic heterocycles. The zero-order chi connectivity index (χ0) is 32.6. The van der Waals surface area contributed by atoms with Crippen molar-refractivity contribution in [1.29, 1.82) is 0 Å². The second-order valence-corrected chi connectivity index (χ2v) is 13.7. The number of amides is 2. The molecule has 0 radical (unpaired) electrons. The molecule has 4 rings (SSSR count). The van der Waals surface area contributed by atoms with Crippen LogP contribution in [0.1, 0.15) is 30.0 Å². The fourth-order valence-electron chi connectivity index (χ4n) is 4.80. The van der Waals surface area contributed by atoms with Crippen LogP contribution in [0.5, 0.6) is 0 Å². The molecule has 0 fully saturated rings. The van der Waals surface area contributed by atoms with Crippen LogP contribution in [0, 0.1) is 6.92 Å². The van der Waals surface area contributed by atoms with Gasteiger partial charge in [0.05, 0.1) is 20.6 Å². The maximum atomic E-state index is 14.5. The van der Waals surface area contributed by atoms with Gasteiger partial charge in [-0.2, -0.15) is 0 Å². The van der Waals surface area contributed by atoms with Gasteiger partial charge in [0, 0.05) is 24.5 Å². The summed E-state index contributed by atoms with van der Waals surface area (Å²) in [7, 11) is -4.23. The van der Waals surface area contributed by atoms with Crippen LogP contribution in [0.15, 0.2) is 102 Å². The Hall–Kier alpha value is -3.56. The predicted octanol–water partition coefficient (Wildman–Crippen LogP) is 7.32. The summed E-state index contributed by atoms with van der Waals surface area (Å²) in [4.78, 5) is 29.6. The zero-order valence-electron chi connectivity index (χ0n) is 24.9. The van der Waals surface area contributed by atoms with Gasteiger partial charge in [0.2, 0.25) is 11.8 Å². The van der Waals surface area contributed by atoms with Crippen molar-refractivity contribution in [3.8, 4) is 0 Å². The SMILES string of the molecule is CCCNC(=O)[C@H](Cc1ccccc1)N(Cc1ccc(Cl)c(Cl)c1)C(=O)CN(c1cccc(C)c1)S(=O)(=O)c1ccc(Cl)cc1. The van der Waals surface area contributed by atoms with Crippen molar-refractivity contribution in [2.24, 2.45) is 0 Å². The van der Waals surface area contributed by atoms with Crippen LogP contribution < -0.4 is 9.62 Å². The standard InChI is InChI=1S/C34H34Cl3N3O4S/c1-3-18-38-34(42)32(21-25-9-5-4-6-10-25)39(22-26-12-17-30(36)31(37)20-26)33(41)23-40(28-11-7-8-24(2)19-28)45(43,44)29-15-13-27(35)14-16-29/h4-17,19-20,32H,3,18,21-23H2,1-2H3,(H,38,42)/t32-/m0/s1. The fourth-order valence-corrected chi connectivity index (χ4v) is 6.65. The Balaban J connectivity index is 1.81. The lowest BCUT2D eigenvalue weighted by Gasteiger charge is -2.34. The van der Waals surface area contributed by atoms with Gasteiger partial charge in [-0.1, -0.05) is 90.3 Å². The van der Waals surface area contributed by atoms with Gasteiger partial charge in [-0.05, 0) is 78.6 Å². The Morgan fingerprint density at radius 3 is 2.18 bits per heavy atom. The first-order valence-electron chi connectivity index (χ1n) is 14.4. The number of carbonyl (C=O) groups is 2. The zero-order valence-corrected chi connectivity index (χ0v) is 28.0. The van der Waals surface area contributed by atoms with Crippen molar-refractivity contribution in [1.82, 2.24) is 10.2 Å². The third-order valence-electron chi connectivity index (χ3n) is 7.13. The normalized spacial score (nSPS) is 11.9. The minimum absolute atomic E-state index is 0.0184. The number of aryl methyl sites for hydroxylation is 1. The fraction of sp³-hybridized carbons (Fsp3) is 0.235. The molecule has 7 nitrogen and oxygen atoms in total. The van der Waals surface area contributed by atoms with Gasteiger partial charge in [0.1, 0.15) is 12.6 Å². The highest BCUT2D eigenvalue weighted by atomic mass is 35.5. The average Bonchev–Trinajstić information content (AvgIpc) is 3.02. The molecule has 4 aromatic carbocycles. The molecule has 0 aliphatic carbocycles. The third kappa shape index (κ3) is 9.01. The van der Waals surface area contributed by atoms with E-state index in [2.05, 4.69) is 5.32 Å². The van der Waals surface area contributed by atoms with Gasteiger partial charge >= 0.3 is 0 Å². The van der Waals surface area contributed by atoms with Crippen LogP contribution in [0.4, 0.5) is 5.69 Å². The number of halogens is 3. The molecule has 0 spiro atoms. The summed E-state index contributed by atoms with van der Waals surface area (Å²) in [5, 5.41) is 3.94. The second kappa shape index (κ2) is 15.6. The lowest BCUT2D eigenvalue weighted by molar-refractivity contribution is -0.140. The topological polar surface area (TPSA) is 86.8 Å². The van der Waals surface area contributed by atoms with E-state index in [1.165, 1.54) is 29.2 Å². The molecular formula is C34H34Cl3N3O4S. The Morgan fingerprint density at radius 2 is 1.53 bits per heavy atom. The summed E-state index contributed by atoms with van der Waals surface area (Å²) < 4.78 is 29.2. The molecule has 11 heteroatoms. The molecule has 45 heavy (non-hydrogen) atoms. The predicted molar refractivity (Wildman–Crippen MR) is 181 cm³/mol. The van der Waals surface area contributed by atoms with Crippen LogP contribution in [0.3, 0.4) is 0 Å². The van der Waals surface area contributed by atoms with E-state index in [4.69, 9.17) is 34.8 Å². The Morgan fingerprint density at radius 1 is 0.822 bits per heavy atom. The van der Waals surface area contributed by atoms with Crippen molar-refractivity contribution < 1.29 is 18.0 Å². The molecule has 0 aliphatic heterocycles. The number of hydrogen-bond donors (Lipinski definition) is 1. The molecule has 1 atom stereocenters. The van der Waals surface area contributed by atoms with E-state index < -0.39 is 28.5 Å². The quantitative estimate of drug-likeness (QED) is 0.160. The highest BCUT2D eigenvalue weighted by Crippen LogP contribution is 2.28. The maximum Gasteiger partial charge on any atom is 0.264 e. The van der Waals surface area contributed by atoms with Gasteiger partial charge in [-0.15, -0.1) is 0 Å². The van der Waals surface area contributed by atoms with E-state index in [9.17, 15) is 18.0 Å². The first-order chi connectivity index (χ1) is 21.5. The summed E-state index contributed by atoms with van der Waals surface area (Å²) in [6.45, 7) is 3.60. The number of rotatable bonds is 13. The van der Waals surface area contributed by atoms with Crippen LogP contribution in [-0.2, 0) is 32.6 Å². The van der Waals surface area contributed by atoms with E-state index in [0.717, 1.165) is 15.4 Å². The minimum Gasteiger partial charge on any atom is -0.354 e. The van der Waals surface area contributed by atoms with E-state index in [-0.39, 0.29) is 23.8 Å². The maximum absolute atomic E-state index is 14.5. The third-order valence-corrected chi connectivity index (χ3v) is 9.91. The van der Waals surface area contributed by atoms with E-state index in [0.29, 0.717) is 39.3 Å². The van der Waals surface area contributed by atoms with Crippen molar-refractivity contribution in [3.05, 3.63) is 129 Å². The van der Waals surface area contributed by atoms with E-state index in [1.807, 2.05) is 50.2 Å². The van der Waals surface area contributed by atoms with Crippen molar-refractivity contribution in [2.45, 2.75) is 44.2 Å². The summed E-state index contributed by atoms with van der Waals surface area (Å²) in [5.41, 5.74) is 2.58. The van der Waals surface area contributed by atoms with Crippen molar-refractivity contribution >= 4 is 62.3 Å². The van der Waals surface area contributed by atoms with Crippen LogP contribution in [-0.4, -0.2) is 44.3 Å². The molecule has 0 saturated heterocycles. The lowest BCUT2D eigenvalue weighted by atomic mass is 10.0. The summed E-state index contributed by atoms with van der Waals surface area (Å²) >= 11 is 18.5. The first-order valence-corrected chi connectivity index (χ1v) is 17.0. The number of carbonyl (C=O) groups excluding carboxylic acids is 2. The molecule has 2 amide bonds. The molecule has 0 aliphatic rings. The largest absolute Gasteiger partial charge is 0.354 e. The number of benzene rings is 4. The van der Waals surface area contributed by atoms with Gasteiger partial charge < -0.3 is 10.2 Å². The number of anilines is 1. The van der Waals surface area contributed by atoms with Crippen LogP contribution in [0.25, 0.3) is 0 Å². The Labute approximate surface area is 279 Å². The lowest BCUT2D eigenvalue weighted by Crippen LogP contribution is -2.53. The van der Waals surface area contributed by atoms with E-state index >= 15 is 0 Å². The number of hydrogen-bond acceptors (Lipinski definition) is 4. The van der Waals surface area contributed by atoms with E-state index in [1.54, 1.807) is 36.4 Å². The smallest absolute Gasteiger partial charge is 0.264 e. The summed E-state index contributed by atoms with van der Waals surface area (Å²) in [6.07, 6.45) is 0.906. The van der Waals surface area contributed by atoms with Gasteiger partial charge in [-0.3, -0.25) is 13.9 Å². The van der Waals surface area contributed by atoms with Gasteiger partial charge in [-0.25, -0.2) is 8.42 Å². The Kier molecular flexibility index (Phi) is 11.9. The molecule has 0 saturated carbocycles. The molecule has 4 aromatic rings. The highest BCUT2D eigenvalue weighted by Gasteiger charge is 2.34. The number of nitrogens with one attached hydrogen (secondary N) is 1. The van der Waals surface area contributed by atoms with Crippen molar-refractivity contribution in [3.63, 3.8) is 0 Å². The molecule has 0 unspecified atom stereocenters. The van der Waals surface area contributed by atoms with Crippen LogP contribution >= 0.6 is 34.8 Å². The van der Waals surface area contributed by atoms with Crippen LogP contribution in [0.2, 0.25) is 15.1 Å². The minimum atomic E-state index is -4.23. The molecular weight excluding hydrogens is 653 g/mol. The molecule has 0 bridgehead atoms. The monoisotopic (exact) mass is 685 g/mol. The molecule has 0 heterocycles. The average molecular weight is 687 g/mol. The van der Waals surface area contributed by atoms with Gasteiger partial charge in [0.25, 0.3) is 10.0 Å². The van der Waals surface area contributed by atoms with Crippen molar-refractivity contribution in [2.75, 3.05) is 17.4 Å². The summed E-state index contributed by atoms with van der Waals surface area (Å²) in [6, 6.07) is 26.0. The Bertz CT molecular complexity index is 1740. The first kappa shape index (κ1) is 34.3. The summed E-state index contributed by atoms with van der Waals surface area (Å²) in [5.74, 6) is -0.926.